The number of piperidine rings is 1. The Morgan fingerprint density at radius 3 is 2.65 bits per heavy atom. The van der Waals surface area contributed by atoms with Gasteiger partial charge in [0.1, 0.15) is 0 Å². The predicted molar refractivity (Wildman–Crippen MR) is 60.6 cm³/mol. The minimum absolute atomic E-state index is 0.100. The molecule has 2 aliphatic rings. The van der Waals surface area contributed by atoms with Crippen molar-refractivity contribution in [1.29, 1.82) is 0 Å². The maximum atomic E-state index is 11.7. The van der Waals surface area contributed by atoms with E-state index in [2.05, 4.69) is 0 Å². The van der Waals surface area contributed by atoms with Crippen molar-refractivity contribution in [3.05, 3.63) is 0 Å². The van der Waals surface area contributed by atoms with Crippen LogP contribution in [-0.4, -0.2) is 48.2 Å². The SMILES string of the molecule is O=C1CCCCN1CC1(C(=O)O)CCOCC1. The molecule has 2 heterocycles. The molecule has 0 aromatic carbocycles. The van der Waals surface area contributed by atoms with Crippen molar-refractivity contribution >= 4 is 11.9 Å². The van der Waals surface area contributed by atoms with Gasteiger partial charge in [-0.05, 0) is 25.7 Å². The first kappa shape index (κ1) is 12.4. The van der Waals surface area contributed by atoms with Gasteiger partial charge >= 0.3 is 5.97 Å². The van der Waals surface area contributed by atoms with Gasteiger partial charge in [0.05, 0.1) is 5.41 Å². The lowest BCUT2D eigenvalue weighted by Gasteiger charge is -2.38. The third kappa shape index (κ3) is 2.60. The molecule has 0 atom stereocenters. The zero-order valence-electron chi connectivity index (χ0n) is 9.98. The standard InChI is InChI=1S/C12H19NO4/c14-10-3-1-2-6-13(10)9-12(11(15)16)4-7-17-8-5-12/h1-9H2,(H,15,16). The first-order valence-electron chi connectivity index (χ1n) is 6.23. The highest BCUT2D eigenvalue weighted by molar-refractivity contribution is 5.79. The summed E-state index contributed by atoms with van der Waals surface area (Å²) in [6, 6.07) is 0. The second kappa shape index (κ2) is 5.04. The van der Waals surface area contributed by atoms with Crippen LogP contribution in [0.3, 0.4) is 0 Å². The lowest BCUT2D eigenvalue weighted by atomic mass is 9.79. The van der Waals surface area contributed by atoms with Crippen LogP contribution in [0, 0.1) is 5.41 Å². The maximum Gasteiger partial charge on any atom is 0.311 e. The van der Waals surface area contributed by atoms with E-state index in [1.165, 1.54) is 0 Å². The van der Waals surface area contributed by atoms with Crippen LogP contribution >= 0.6 is 0 Å². The second-order valence-electron chi connectivity index (χ2n) is 4.97. The monoisotopic (exact) mass is 241 g/mol. The number of carboxylic acids is 1. The van der Waals surface area contributed by atoms with Crippen LogP contribution in [0.4, 0.5) is 0 Å². The Morgan fingerprint density at radius 2 is 2.06 bits per heavy atom. The van der Waals surface area contributed by atoms with Crippen LogP contribution in [0.2, 0.25) is 0 Å². The summed E-state index contributed by atoms with van der Waals surface area (Å²) in [7, 11) is 0. The summed E-state index contributed by atoms with van der Waals surface area (Å²) in [6.45, 7) is 2.02. The van der Waals surface area contributed by atoms with Gasteiger partial charge in [0.25, 0.3) is 0 Å². The Bertz CT molecular complexity index is 310. The fourth-order valence-electron chi connectivity index (χ4n) is 2.60. The van der Waals surface area contributed by atoms with Gasteiger partial charge in [-0.3, -0.25) is 9.59 Å². The molecule has 1 N–H and O–H groups in total. The van der Waals surface area contributed by atoms with Gasteiger partial charge in [-0.25, -0.2) is 0 Å². The van der Waals surface area contributed by atoms with Crippen molar-refractivity contribution in [2.75, 3.05) is 26.3 Å². The number of hydrogen-bond donors (Lipinski definition) is 1. The summed E-state index contributed by atoms with van der Waals surface area (Å²) < 4.78 is 5.22. The van der Waals surface area contributed by atoms with Crippen molar-refractivity contribution in [2.24, 2.45) is 5.41 Å². The molecule has 0 spiro atoms. The number of aliphatic carboxylic acids is 1. The number of ether oxygens (including phenoxy) is 1. The number of amides is 1. The fraction of sp³-hybridized carbons (Fsp3) is 0.833. The topological polar surface area (TPSA) is 66.8 Å². The number of likely N-dealkylation sites (tertiary alicyclic amines) is 1. The molecule has 0 aromatic rings. The van der Waals surface area contributed by atoms with Gasteiger partial charge in [0.15, 0.2) is 0 Å². The highest BCUT2D eigenvalue weighted by atomic mass is 16.5. The van der Waals surface area contributed by atoms with Gasteiger partial charge in [0, 0.05) is 32.7 Å². The van der Waals surface area contributed by atoms with Gasteiger partial charge in [-0.15, -0.1) is 0 Å². The summed E-state index contributed by atoms with van der Waals surface area (Å²) in [6.07, 6.45) is 3.49. The van der Waals surface area contributed by atoms with Crippen molar-refractivity contribution in [3.8, 4) is 0 Å². The first-order valence-corrected chi connectivity index (χ1v) is 6.23. The van der Waals surface area contributed by atoms with E-state index in [1.54, 1.807) is 4.90 Å². The largest absolute Gasteiger partial charge is 0.481 e. The second-order valence-corrected chi connectivity index (χ2v) is 4.97. The minimum atomic E-state index is -0.792. The van der Waals surface area contributed by atoms with E-state index in [9.17, 15) is 14.7 Å². The molecule has 0 bridgehead atoms. The van der Waals surface area contributed by atoms with Gasteiger partial charge in [-0.1, -0.05) is 0 Å². The zero-order chi connectivity index (χ0) is 12.3. The van der Waals surface area contributed by atoms with Gasteiger partial charge < -0.3 is 14.7 Å². The Balaban J connectivity index is 2.06. The van der Waals surface area contributed by atoms with Crippen molar-refractivity contribution in [2.45, 2.75) is 32.1 Å². The van der Waals surface area contributed by atoms with Gasteiger partial charge in [0.2, 0.25) is 5.91 Å². The van der Waals surface area contributed by atoms with Crippen LogP contribution in [0.1, 0.15) is 32.1 Å². The van der Waals surface area contributed by atoms with E-state index in [0.29, 0.717) is 45.6 Å². The van der Waals surface area contributed by atoms with Gasteiger partial charge in [-0.2, -0.15) is 0 Å². The number of carbonyl (C=O) groups is 2. The van der Waals surface area contributed by atoms with Crippen LogP contribution in [0.25, 0.3) is 0 Å². The molecule has 17 heavy (non-hydrogen) atoms. The molecule has 2 rings (SSSR count). The summed E-state index contributed by atoms with van der Waals surface area (Å²) in [5.74, 6) is -0.692. The molecule has 2 aliphatic heterocycles. The molecule has 96 valence electrons. The molecule has 0 aliphatic carbocycles. The Hall–Kier alpha value is -1.10. The summed E-state index contributed by atoms with van der Waals surface area (Å²) in [5.41, 5.74) is -0.786. The molecule has 5 nitrogen and oxygen atoms in total. The van der Waals surface area contributed by atoms with Crippen LogP contribution in [0.15, 0.2) is 0 Å². The lowest BCUT2D eigenvalue weighted by Crippen LogP contribution is -2.49. The Morgan fingerprint density at radius 1 is 1.35 bits per heavy atom. The third-order valence-electron chi connectivity index (χ3n) is 3.82. The molecule has 1 amide bonds. The van der Waals surface area contributed by atoms with E-state index in [1.807, 2.05) is 0 Å². The molecule has 0 aromatic heterocycles. The molecule has 2 fully saturated rings. The van der Waals surface area contributed by atoms with E-state index in [4.69, 9.17) is 4.74 Å². The fourth-order valence-corrected chi connectivity index (χ4v) is 2.60. The molecule has 0 radical (unpaired) electrons. The summed E-state index contributed by atoms with van der Waals surface area (Å²) >= 11 is 0. The number of rotatable bonds is 3. The average Bonchev–Trinajstić information content (AvgIpc) is 2.33. The minimum Gasteiger partial charge on any atom is -0.481 e. The van der Waals surface area contributed by atoms with Crippen molar-refractivity contribution in [1.82, 2.24) is 4.90 Å². The normalized spacial score (nSPS) is 24.7. The van der Waals surface area contributed by atoms with Crippen LogP contribution < -0.4 is 0 Å². The summed E-state index contributed by atoms with van der Waals surface area (Å²) in [4.78, 5) is 24.9. The molecule has 0 saturated carbocycles. The molecule has 2 saturated heterocycles. The molecular weight excluding hydrogens is 222 g/mol. The predicted octanol–water partition coefficient (Wildman–Crippen LogP) is 0.880. The summed E-state index contributed by atoms with van der Waals surface area (Å²) in [5, 5.41) is 9.41. The number of nitrogens with zero attached hydrogens (tertiary/aromatic N) is 1. The average molecular weight is 241 g/mol. The van der Waals surface area contributed by atoms with E-state index < -0.39 is 11.4 Å². The first-order chi connectivity index (χ1) is 8.14. The van der Waals surface area contributed by atoms with Crippen molar-refractivity contribution in [3.63, 3.8) is 0 Å². The lowest BCUT2D eigenvalue weighted by molar-refractivity contribution is -0.158. The Labute approximate surface area is 101 Å². The van der Waals surface area contributed by atoms with E-state index in [-0.39, 0.29) is 5.91 Å². The van der Waals surface area contributed by atoms with E-state index in [0.717, 1.165) is 12.8 Å². The number of carbonyl (C=O) groups excluding carboxylic acids is 1. The Kier molecular flexibility index (Phi) is 3.66. The third-order valence-corrected chi connectivity index (χ3v) is 3.82. The van der Waals surface area contributed by atoms with E-state index >= 15 is 0 Å². The molecular formula is C12H19NO4. The number of carboxylic acid groups (broad SMARTS) is 1. The smallest absolute Gasteiger partial charge is 0.311 e. The highest BCUT2D eigenvalue weighted by Gasteiger charge is 2.42. The van der Waals surface area contributed by atoms with Crippen molar-refractivity contribution < 1.29 is 19.4 Å². The zero-order valence-corrected chi connectivity index (χ0v) is 9.98. The number of hydrogen-bond acceptors (Lipinski definition) is 3. The molecule has 5 heteroatoms. The highest BCUT2D eigenvalue weighted by Crippen LogP contribution is 2.32. The van der Waals surface area contributed by atoms with Crippen LogP contribution in [0.5, 0.6) is 0 Å². The maximum absolute atomic E-state index is 11.7. The quantitative estimate of drug-likeness (QED) is 0.796. The van der Waals surface area contributed by atoms with Crippen LogP contribution in [-0.2, 0) is 14.3 Å². The molecule has 0 unspecified atom stereocenters.